The third-order valence-electron chi connectivity index (χ3n) is 4.79. The van der Waals surface area contributed by atoms with E-state index in [-0.39, 0.29) is 12.3 Å². The molecule has 1 aliphatic rings. The highest BCUT2D eigenvalue weighted by Crippen LogP contribution is 2.41. The molecule has 10 heteroatoms. The number of sulfone groups is 1. The number of hydrogen-bond acceptors (Lipinski definition) is 7. The van der Waals surface area contributed by atoms with Crippen LogP contribution in [0.25, 0.3) is 11.3 Å². The van der Waals surface area contributed by atoms with Crippen LogP contribution in [-0.4, -0.2) is 50.1 Å². The summed E-state index contributed by atoms with van der Waals surface area (Å²) in [6, 6.07) is 7.91. The highest BCUT2D eigenvalue weighted by Gasteiger charge is 2.24. The summed E-state index contributed by atoms with van der Waals surface area (Å²) in [5, 5.41) is 3.56. The molecule has 0 amide bonds. The maximum Gasteiger partial charge on any atom is 0.161 e. The van der Waals surface area contributed by atoms with Crippen LogP contribution in [0.5, 0.6) is 5.75 Å². The largest absolute Gasteiger partial charge is 0.488 e. The van der Waals surface area contributed by atoms with Crippen molar-refractivity contribution in [1.29, 1.82) is 0 Å². The summed E-state index contributed by atoms with van der Waals surface area (Å²) in [6.45, 7) is 1.23. The summed E-state index contributed by atoms with van der Waals surface area (Å²) in [7, 11) is -3.10. The quantitative estimate of drug-likeness (QED) is 0.594. The number of aromatic nitrogens is 2. The number of benzene rings is 1. The number of pyridine rings is 2. The van der Waals surface area contributed by atoms with Gasteiger partial charge in [0.15, 0.2) is 5.75 Å². The second kappa shape index (κ2) is 8.68. The molecular weight excluding hydrogens is 443 g/mol. The van der Waals surface area contributed by atoms with Gasteiger partial charge in [0.2, 0.25) is 0 Å². The number of ether oxygens (including phenoxy) is 1. The van der Waals surface area contributed by atoms with E-state index in [0.29, 0.717) is 46.6 Å². The first-order valence-corrected chi connectivity index (χ1v) is 12.0. The Kier molecular flexibility index (Phi) is 5.97. The third-order valence-corrected chi connectivity index (χ3v) is 5.97. The van der Waals surface area contributed by atoms with E-state index in [0.717, 1.165) is 5.69 Å². The molecule has 0 atom stereocenters. The molecule has 0 bridgehead atoms. The molecule has 4 rings (SSSR count). The van der Waals surface area contributed by atoms with Gasteiger partial charge in [-0.3, -0.25) is 9.97 Å². The zero-order valence-electron chi connectivity index (χ0n) is 16.7. The number of anilines is 3. The van der Waals surface area contributed by atoms with E-state index >= 15 is 0 Å². The predicted molar refractivity (Wildman–Crippen MR) is 120 cm³/mol. The Bertz CT molecular complexity index is 1220. The van der Waals surface area contributed by atoms with E-state index in [1.807, 2.05) is 11.0 Å². The number of fused-ring (bicyclic) bond motifs is 1. The van der Waals surface area contributed by atoms with E-state index in [1.54, 1.807) is 24.7 Å². The summed E-state index contributed by atoms with van der Waals surface area (Å²) in [5.41, 5.74) is 2.92. The van der Waals surface area contributed by atoms with Gasteiger partial charge in [-0.05, 0) is 30.3 Å². The minimum atomic E-state index is -3.10. The summed E-state index contributed by atoms with van der Waals surface area (Å²) in [5.74, 6) is 0.145. The average Bonchev–Trinajstić information content (AvgIpc) is 2.74. The van der Waals surface area contributed by atoms with Crippen molar-refractivity contribution in [3.8, 4) is 17.0 Å². The van der Waals surface area contributed by atoms with Crippen LogP contribution in [-0.2, 0) is 9.84 Å². The monoisotopic (exact) mass is 462 g/mol. The lowest BCUT2D eigenvalue weighted by molar-refractivity contribution is 0.313. The maximum atomic E-state index is 14.4. The normalized spacial score (nSPS) is 13.5. The summed E-state index contributed by atoms with van der Waals surface area (Å²) >= 11 is 6.05. The lowest BCUT2D eigenvalue weighted by Gasteiger charge is -2.32. The van der Waals surface area contributed by atoms with E-state index in [2.05, 4.69) is 15.3 Å². The topological polar surface area (TPSA) is 84.4 Å². The van der Waals surface area contributed by atoms with Gasteiger partial charge < -0.3 is 15.0 Å². The average molecular weight is 463 g/mol. The van der Waals surface area contributed by atoms with Gasteiger partial charge in [-0.1, -0.05) is 11.6 Å². The fourth-order valence-corrected chi connectivity index (χ4v) is 3.99. The minimum Gasteiger partial charge on any atom is -0.488 e. The highest BCUT2D eigenvalue weighted by atomic mass is 35.5. The van der Waals surface area contributed by atoms with Gasteiger partial charge in [0.25, 0.3) is 0 Å². The Morgan fingerprint density at radius 1 is 1.23 bits per heavy atom. The number of nitrogens with zero attached hydrogens (tertiary/aromatic N) is 3. The van der Waals surface area contributed by atoms with Crippen molar-refractivity contribution in [1.82, 2.24) is 9.97 Å². The number of rotatable bonds is 6. The molecule has 3 heterocycles. The van der Waals surface area contributed by atoms with Crippen LogP contribution in [0.3, 0.4) is 0 Å². The van der Waals surface area contributed by atoms with E-state index in [9.17, 15) is 12.8 Å². The van der Waals surface area contributed by atoms with Crippen molar-refractivity contribution in [2.45, 2.75) is 0 Å². The maximum absolute atomic E-state index is 14.4. The first-order chi connectivity index (χ1) is 14.8. The van der Waals surface area contributed by atoms with Crippen molar-refractivity contribution < 1.29 is 17.5 Å². The van der Waals surface area contributed by atoms with Crippen molar-refractivity contribution in [2.75, 3.05) is 41.9 Å². The third kappa shape index (κ3) is 4.88. The Balaban J connectivity index is 1.71. The molecule has 2 aromatic heterocycles. The Hall–Kier alpha value is -2.91. The minimum absolute atomic E-state index is 0.00312. The zero-order chi connectivity index (χ0) is 22.0. The van der Waals surface area contributed by atoms with Gasteiger partial charge in [0, 0.05) is 29.6 Å². The Morgan fingerprint density at radius 3 is 2.87 bits per heavy atom. The van der Waals surface area contributed by atoms with Crippen molar-refractivity contribution >= 4 is 38.5 Å². The van der Waals surface area contributed by atoms with Gasteiger partial charge in [-0.2, -0.15) is 0 Å². The first kappa shape index (κ1) is 21.3. The molecule has 1 N–H and O–H groups in total. The standard InChI is InChI=1S/C21H20ClFN4O3S/c1-31(28,29)9-6-25-18-12-24-5-4-19(18)27-7-8-30-21-13-26-17(11-20(21)27)15-10-14(22)2-3-16(15)23/h2-5,10-13,25H,6-9H2,1H3. The highest BCUT2D eigenvalue weighted by molar-refractivity contribution is 7.90. The van der Waals surface area contributed by atoms with Crippen LogP contribution in [0.15, 0.2) is 48.9 Å². The van der Waals surface area contributed by atoms with E-state index in [1.165, 1.54) is 24.5 Å². The Morgan fingerprint density at radius 2 is 2.06 bits per heavy atom. The Labute approximate surface area is 184 Å². The fraction of sp³-hybridized carbons (Fsp3) is 0.238. The lowest BCUT2D eigenvalue weighted by atomic mass is 10.1. The predicted octanol–water partition coefficient (Wildman–Crippen LogP) is 3.92. The number of halogens is 2. The summed E-state index contributed by atoms with van der Waals surface area (Å²) < 4.78 is 43.1. The SMILES string of the molecule is CS(=O)(=O)CCNc1cnccc1N1CCOc2cnc(-c3cc(Cl)ccc3F)cc21. The number of hydrogen-bond donors (Lipinski definition) is 1. The fourth-order valence-electron chi connectivity index (χ4n) is 3.34. The molecule has 0 aliphatic carbocycles. The molecule has 0 fully saturated rings. The molecule has 0 saturated heterocycles. The van der Waals surface area contributed by atoms with Gasteiger partial charge in [-0.25, -0.2) is 12.8 Å². The molecule has 7 nitrogen and oxygen atoms in total. The van der Waals surface area contributed by atoms with E-state index in [4.69, 9.17) is 16.3 Å². The number of nitrogens with one attached hydrogen (secondary N) is 1. The molecule has 162 valence electrons. The summed E-state index contributed by atoms with van der Waals surface area (Å²) in [4.78, 5) is 10.5. The van der Waals surface area contributed by atoms with Gasteiger partial charge >= 0.3 is 0 Å². The van der Waals surface area contributed by atoms with Crippen LogP contribution in [0.4, 0.5) is 21.5 Å². The van der Waals surface area contributed by atoms with Crippen LogP contribution in [0.1, 0.15) is 0 Å². The van der Waals surface area contributed by atoms with Gasteiger partial charge in [0.1, 0.15) is 22.3 Å². The molecule has 0 spiro atoms. The van der Waals surface area contributed by atoms with Crippen LogP contribution < -0.4 is 15.0 Å². The first-order valence-electron chi connectivity index (χ1n) is 9.53. The van der Waals surface area contributed by atoms with Crippen molar-refractivity contribution in [3.63, 3.8) is 0 Å². The summed E-state index contributed by atoms with van der Waals surface area (Å²) in [6.07, 6.45) is 6.06. The van der Waals surface area contributed by atoms with Crippen LogP contribution >= 0.6 is 11.6 Å². The van der Waals surface area contributed by atoms with Crippen molar-refractivity contribution in [3.05, 3.63) is 59.8 Å². The van der Waals surface area contributed by atoms with Crippen LogP contribution in [0.2, 0.25) is 5.02 Å². The molecule has 1 aromatic carbocycles. The molecular formula is C21H20ClFN4O3S. The molecule has 31 heavy (non-hydrogen) atoms. The molecule has 0 unspecified atom stereocenters. The second-order valence-corrected chi connectivity index (χ2v) is 9.81. The molecule has 1 aliphatic heterocycles. The van der Waals surface area contributed by atoms with Crippen LogP contribution in [0, 0.1) is 5.82 Å². The van der Waals surface area contributed by atoms with Gasteiger partial charge in [-0.15, -0.1) is 0 Å². The molecule has 0 radical (unpaired) electrons. The van der Waals surface area contributed by atoms with Crippen molar-refractivity contribution in [2.24, 2.45) is 0 Å². The second-order valence-electron chi connectivity index (χ2n) is 7.11. The molecule has 3 aromatic rings. The molecule has 0 saturated carbocycles. The van der Waals surface area contributed by atoms with E-state index < -0.39 is 15.7 Å². The smallest absolute Gasteiger partial charge is 0.161 e. The van der Waals surface area contributed by atoms with Gasteiger partial charge in [0.05, 0.1) is 47.4 Å². The zero-order valence-corrected chi connectivity index (χ0v) is 18.3. The lowest BCUT2D eigenvalue weighted by Crippen LogP contribution is -2.29.